The number of Topliss-reactive ketones (excluding diaryl/α,β-unsaturated/α-hetero) is 1. The molecule has 0 spiro atoms. The highest BCUT2D eigenvalue weighted by Crippen LogP contribution is 2.49. The van der Waals surface area contributed by atoms with Crippen LogP contribution in [0.5, 0.6) is 0 Å². The van der Waals surface area contributed by atoms with Gasteiger partial charge >= 0.3 is 11.9 Å². The minimum atomic E-state index is -0.634. The summed E-state index contributed by atoms with van der Waals surface area (Å²) in [6.45, 7) is 9.99. The summed E-state index contributed by atoms with van der Waals surface area (Å²) in [6, 6.07) is 0. The molecule has 1 saturated heterocycles. The highest BCUT2D eigenvalue weighted by molar-refractivity contribution is 5.85. The topological polar surface area (TPSA) is 89.9 Å². The zero-order chi connectivity index (χ0) is 22.9. The second-order valence-electron chi connectivity index (χ2n) is 10.9. The van der Waals surface area contributed by atoms with Crippen molar-refractivity contribution in [3.63, 3.8) is 0 Å². The number of rotatable bonds is 6. The quantitative estimate of drug-likeness (QED) is 0.631. The molecular weight excluding hydrogens is 396 g/mol. The van der Waals surface area contributed by atoms with Gasteiger partial charge in [-0.1, -0.05) is 20.8 Å². The van der Waals surface area contributed by atoms with E-state index in [9.17, 15) is 19.5 Å². The van der Waals surface area contributed by atoms with Gasteiger partial charge in [-0.15, -0.1) is 0 Å². The first kappa shape index (κ1) is 24.2. The Morgan fingerprint density at radius 2 is 1.87 bits per heavy atom. The molecule has 3 rings (SSSR count). The zero-order valence-corrected chi connectivity index (χ0v) is 19.8. The summed E-state index contributed by atoms with van der Waals surface area (Å²) in [7, 11) is 0. The molecular formula is C25H40O6. The number of fused-ring (bicyclic) bond motifs is 1. The molecule has 0 aromatic rings. The number of ether oxygens (including phenoxy) is 2. The van der Waals surface area contributed by atoms with Gasteiger partial charge in [-0.3, -0.25) is 14.4 Å². The Morgan fingerprint density at radius 3 is 2.52 bits per heavy atom. The van der Waals surface area contributed by atoms with Gasteiger partial charge in [0.2, 0.25) is 0 Å². The van der Waals surface area contributed by atoms with Crippen LogP contribution in [0.15, 0.2) is 0 Å². The molecule has 6 heteroatoms. The Bertz CT molecular complexity index is 685. The third-order valence-electron chi connectivity index (χ3n) is 8.24. The van der Waals surface area contributed by atoms with Crippen LogP contribution in [-0.2, 0) is 23.9 Å². The molecule has 2 aliphatic carbocycles. The SMILES string of the molecule is CCC(C)(C)C(=O)O[C@H]1C[C@H](C)C(=O)[C@@H]2CC[C@H](C)[C@H](CC[C@@H]3C[C@@H](O)CC(=O)O3)[C@@H]12. The van der Waals surface area contributed by atoms with Gasteiger partial charge in [0, 0.05) is 24.2 Å². The van der Waals surface area contributed by atoms with Crippen LogP contribution < -0.4 is 0 Å². The molecule has 0 bridgehead atoms. The maximum atomic E-state index is 13.0. The number of ketones is 1. The van der Waals surface area contributed by atoms with Crippen molar-refractivity contribution in [1.29, 1.82) is 0 Å². The number of aliphatic hydroxyl groups is 1. The van der Waals surface area contributed by atoms with Crippen LogP contribution >= 0.6 is 0 Å². The lowest BCUT2D eigenvalue weighted by Gasteiger charge is -2.49. The molecule has 0 aromatic carbocycles. The summed E-state index contributed by atoms with van der Waals surface area (Å²) in [6.07, 6.45) is 3.99. The van der Waals surface area contributed by atoms with Crippen molar-refractivity contribution in [2.75, 3.05) is 0 Å². The maximum absolute atomic E-state index is 13.0. The van der Waals surface area contributed by atoms with Crippen molar-refractivity contribution >= 4 is 17.7 Å². The fraction of sp³-hybridized carbons (Fsp3) is 0.880. The number of hydrogen-bond donors (Lipinski definition) is 1. The Labute approximate surface area is 186 Å². The summed E-state index contributed by atoms with van der Waals surface area (Å²) < 4.78 is 11.6. The van der Waals surface area contributed by atoms with E-state index in [0.29, 0.717) is 37.4 Å². The molecule has 0 aromatic heterocycles. The molecule has 1 heterocycles. The molecule has 3 aliphatic rings. The lowest BCUT2D eigenvalue weighted by molar-refractivity contribution is -0.176. The second-order valence-corrected chi connectivity index (χ2v) is 10.9. The highest BCUT2D eigenvalue weighted by atomic mass is 16.6. The van der Waals surface area contributed by atoms with Crippen LogP contribution in [0.25, 0.3) is 0 Å². The van der Waals surface area contributed by atoms with Crippen LogP contribution in [0.4, 0.5) is 0 Å². The van der Waals surface area contributed by atoms with Crippen LogP contribution in [0.1, 0.15) is 86.0 Å². The molecule has 2 saturated carbocycles. The molecule has 0 radical (unpaired) electrons. The van der Waals surface area contributed by atoms with Gasteiger partial charge in [0.15, 0.2) is 0 Å². The van der Waals surface area contributed by atoms with Crippen molar-refractivity contribution in [3.8, 4) is 0 Å². The van der Waals surface area contributed by atoms with Gasteiger partial charge in [-0.25, -0.2) is 0 Å². The van der Waals surface area contributed by atoms with E-state index >= 15 is 0 Å². The molecule has 1 N–H and O–H groups in total. The fourth-order valence-corrected chi connectivity index (χ4v) is 5.84. The standard InChI is InChI=1S/C25H40O6/c1-6-25(4,5)24(29)31-20-11-15(3)23(28)19-9-7-14(2)18(22(19)20)10-8-17-12-16(26)13-21(27)30-17/h14-20,22,26H,6-13H2,1-5H3/t14-,15-,16+,17+,18-,19+,20-,22+/m0/s1. The molecule has 1 aliphatic heterocycles. The number of cyclic esters (lactones) is 1. The summed E-state index contributed by atoms with van der Waals surface area (Å²) in [5.41, 5.74) is -0.539. The first-order chi connectivity index (χ1) is 14.5. The molecule has 0 unspecified atom stereocenters. The number of esters is 2. The fourth-order valence-electron chi connectivity index (χ4n) is 5.84. The average Bonchev–Trinajstić information content (AvgIpc) is 2.69. The smallest absolute Gasteiger partial charge is 0.311 e. The van der Waals surface area contributed by atoms with Gasteiger partial charge in [-0.05, 0) is 64.2 Å². The van der Waals surface area contributed by atoms with E-state index in [-0.39, 0.29) is 54.2 Å². The monoisotopic (exact) mass is 436 g/mol. The largest absolute Gasteiger partial charge is 0.462 e. The third-order valence-corrected chi connectivity index (χ3v) is 8.24. The summed E-state index contributed by atoms with van der Waals surface area (Å²) in [5, 5.41) is 9.93. The van der Waals surface area contributed by atoms with Gasteiger partial charge in [0.25, 0.3) is 0 Å². The molecule has 176 valence electrons. The second kappa shape index (κ2) is 9.60. The number of aliphatic hydroxyl groups excluding tert-OH is 1. The van der Waals surface area contributed by atoms with Crippen molar-refractivity contribution < 1.29 is 29.0 Å². The third kappa shape index (κ3) is 5.32. The minimum absolute atomic E-state index is 0.0215. The summed E-state index contributed by atoms with van der Waals surface area (Å²) in [4.78, 5) is 37.7. The van der Waals surface area contributed by atoms with Crippen LogP contribution in [-0.4, -0.2) is 41.1 Å². The number of carbonyl (C=O) groups excluding carboxylic acids is 3. The van der Waals surface area contributed by atoms with Crippen molar-refractivity contribution in [1.82, 2.24) is 0 Å². The summed E-state index contributed by atoms with van der Waals surface area (Å²) in [5.74, 6) is 0.300. The van der Waals surface area contributed by atoms with Crippen molar-refractivity contribution in [3.05, 3.63) is 0 Å². The Kier molecular flexibility index (Phi) is 7.50. The van der Waals surface area contributed by atoms with E-state index in [1.165, 1.54) is 0 Å². The predicted octanol–water partition coefficient (Wildman–Crippen LogP) is 4.07. The molecule has 31 heavy (non-hydrogen) atoms. The zero-order valence-electron chi connectivity index (χ0n) is 19.8. The Balaban J connectivity index is 1.77. The van der Waals surface area contributed by atoms with Gasteiger partial charge < -0.3 is 14.6 Å². The van der Waals surface area contributed by atoms with E-state index in [1.54, 1.807) is 0 Å². The van der Waals surface area contributed by atoms with E-state index in [1.807, 2.05) is 27.7 Å². The normalized spacial score (nSPS) is 38.9. The van der Waals surface area contributed by atoms with Gasteiger partial charge in [-0.2, -0.15) is 0 Å². The average molecular weight is 437 g/mol. The van der Waals surface area contributed by atoms with Gasteiger partial charge in [0.05, 0.1) is 17.9 Å². The van der Waals surface area contributed by atoms with Crippen LogP contribution in [0, 0.1) is 35.0 Å². The van der Waals surface area contributed by atoms with E-state index in [4.69, 9.17) is 9.47 Å². The molecule has 8 atom stereocenters. The van der Waals surface area contributed by atoms with Crippen LogP contribution in [0.3, 0.4) is 0 Å². The van der Waals surface area contributed by atoms with E-state index in [0.717, 1.165) is 19.3 Å². The van der Waals surface area contributed by atoms with Crippen molar-refractivity contribution in [2.45, 2.75) is 104 Å². The number of carbonyl (C=O) groups is 3. The first-order valence-corrected chi connectivity index (χ1v) is 12.2. The molecule has 0 amide bonds. The van der Waals surface area contributed by atoms with Crippen molar-refractivity contribution in [2.24, 2.45) is 35.0 Å². The van der Waals surface area contributed by atoms with Gasteiger partial charge in [0.1, 0.15) is 18.0 Å². The molecule has 3 fully saturated rings. The first-order valence-electron chi connectivity index (χ1n) is 12.2. The van der Waals surface area contributed by atoms with E-state index in [2.05, 4.69) is 6.92 Å². The van der Waals surface area contributed by atoms with Crippen LogP contribution in [0.2, 0.25) is 0 Å². The maximum Gasteiger partial charge on any atom is 0.311 e. The highest BCUT2D eigenvalue weighted by Gasteiger charge is 2.51. The lowest BCUT2D eigenvalue weighted by atomic mass is 9.57. The minimum Gasteiger partial charge on any atom is -0.462 e. The predicted molar refractivity (Wildman–Crippen MR) is 116 cm³/mol. The summed E-state index contributed by atoms with van der Waals surface area (Å²) >= 11 is 0. The molecule has 6 nitrogen and oxygen atoms in total. The Hall–Kier alpha value is -1.43. The lowest BCUT2D eigenvalue weighted by Crippen LogP contribution is -2.52. The van der Waals surface area contributed by atoms with E-state index < -0.39 is 11.5 Å². The number of hydrogen-bond acceptors (Lipinski definition) is 6. The Morgan fingerprint density at radius 1 is 1.16 bits per heavy atom.